The molecule has 18 heavy (non-hydrogen) atoms. The van der Waals surface area contributed by atoms with E-state index in [2.05, 4.69) is 0 Å². The van der Waals surface area contributed by atoms with E-state index in [1.165, 1.54) is 0 Å². The standard InChI is InChI=1S/2C5H5.Co.F6P/c2*1-2-4-5-3-1;;1-7(2,3,4,5)6/h2*1-5H;;/q;;+3;-1. The van der Waals surface area contributed by atoms with Gasteiger partial charge in [0.2, 0.25) is 0 Å². The average molecular weight is 334 g/mol. The first-order valence-corrected chi connectivity index (χ1v) is 6.38. The summed E-state index contributed by atoms with van der Waals surface area (Å²) in [6, 6.07) is 0. The van der Waals surface area contributed by atoms with Crippen molar-refractivity contribution < 1.29 is 42.0 Å². The summed E-state index contributed by atoms with van der Waals surface area (Å²) in [5.41, 5.74) is 0. The molecule has 8 heteroatoms. The number of hydrogen-bond donors (Lipinski definition) is 0. The summed E-state index contributed by atoms with van der Waals surface area (Å²) < 4.78 is 59.2. The molecule has 2 saturated carbocycles. The summed E-state index contributed by atoms with van der Waals surface area (Å²) in [5.74, 6) is 0. The molecule has 104 valence electrons. The molecule has 0 aromatic heterocycles. The van der Waals surface area contributed by atoms with Crippen LogP contribution in [0.4, 0.5) is 25.2 Å². The van der Waals surface area contributed by atoms with E-state index >= 15 is 0 Å². The predicted molar refractivity (Wildman–Crippen MR) is 56.6 cm³/mol. The summed E-state index contributed by atoms with van der Waals surface area (Å²) >= 11 is 0. The zero-order valence-electron chi connectivity index (χ0n) is 8.82. The van der Waals surface area contributed by atoms with Gasteiger partial charge in [-0.25, -0.2) is 0 Å². The monoisotopic (exact) mass is 334 g/mol. The molecule has 0 aromatic rings. The Morgan fingerprint density at radius 2 is 0.444 bits per heavy atom. The molecule has 0 N–H and O–H groups in total. The zero-order valence-corrected chi connectivity index (χ0v) is 10.8. The van der Waals surface area contributed by atoms with E-state index in [4.69, 9.17) is 0 Å². The Labute approximate surface area is 114 Å². The Hall–Kier alpha value is 0.516. The molecule has 0 bridgehead atoms. The van der Waals surface area contributed by atoms with Crippen LogP contribution in [0.25, 0.3) is 0 Å². The van der Waals surface area contributed by atoms with Crippen molar-refractivity contribution in [2.45, 2.75) is 0 Å². The maximum Gasteiger partial charge on any atom is 3.00 e. The van der Waals surface area contributed by atoms with E-state index < -0.39 is 7.81 Å². The molecule has 0 unspecified atom stereocenters. The molecule has 0 aromatic carbocycles. The van der Waals surface area contributed by atoms with Gasteiger partial charge in [-0.1, -0.05) is 0 Å². The predicted octanol–water partition coefficient (Wildman–Crippen LogP) is 5.42. The van der Waals surface area contributed by atoms with Gasteiger partial charge < -0.3 is 0 Å². The third kappa shape index (κ3) is 36.0. The van der Waals surface area contributed by atoms with E-state index in [-0.39, 0.29) is 16.8 Å². The molecular weight excluding hydrogens is 324 g/mol. The minimum Gasteiger partial charge on any atom is -0.0312 e. The van der Waals surface area contributed by atoms with Gasteiger partial charge >= 0.3 is 49.8 Å². The van der Waals surface area contributed by atoms with Crippen molar-refractivity contribution in [3.8, 4) is 0 Å². The van der Waals surface area contributed by atoms with Gasteiger partial charge in [-0.15, -0.1) is 0 Å². The molecule has 2 aliphatic carbocycles. The van der Waals surface area contributed by atoms with Crippen LogP contribution in [-0.2, 0) is 16.8 Å². The summed E-state index contributed by atoms with van der Waals surface area (Å²) in [7, 11) is -10.7. The van der Waals surface area contributed by atoms with Crippen LogP contribution in [0.3, 0.4) is 0 Å². The van der Waals surface area contributed by atoms with Crippen molar-refractivity contribution in [2.24, 2.45) is 0 Å². The third-order valence-electron chi connectivity index (χ3n) is 1.11. The molecule has 0 atom stereocenters. The second-order valence-corrected chi connectivity index (χ2v) is 4.80. The van der Waals surface area contributed by atoms with Gasteiger partial charge in [-0.3, -0.25) is 0 Å². The molecular formula is C10H10CoF6P+2. The minimum atomic E-state index is -10.7. The molecule has 0 spiro atoms. The molecule has 0 heterocycles. The fourth-order valence-electron chi connectivity index (χ4n) is 0.642. The molecule has 0 aliphatic heterocycles. The Morgan fingerprint density at radius 3 is 0.500 bits per heavy atom. The fourth-order valence-corrected chi connectivity index (χ4v) is 0.642. The summed E-state index contributed by atoms with van der Waals surface area (Å²) in [4.78, 5) is 0. The van der Waals surface area contributed by atoms with Crippen molar-refractivity contribution in [3.05, 3.63) is 64.2 Å². The quantitative estimate of drug-likeness (QED) is 0.410. The number of rotatable bonds is 0. The van der Waals surface area contributed by atoms with Gasteiger partial charge in [0.15, 0.2) is 0 Å². The van der Waals surface area contributed by atoms with Crippen molar-refractivity contribution in [1.29, 1.82) is 0 Å². The molecule has 0 amide bonds. The normalized spacial score (nSPS) is 22.3. The van der Waals surface area contributed by atoms with Crippen molar-refractivity contribution in [1.82, 2.24) is 0 Å². The summed E-state index contributed by atoms with van der Waals surface area (Å²) in [6.45, 7) is 0. The second kappa shape index (κ2) is 7.34. The van der Waals surface area contributed by atoms with E-state index in [9.17, 15) is 25.2 Å². The van der Waals surface area contributed by atoms with Gasteiger partial charge in [0.1, 0.15) is 0 Å². The summed E-state index contributed by atoms with van der Waals surface area (Å²) in [5, 5.41) is 0. The van der Waals surface area contributed by atoms with Crippen LogP contribution in [0.2, 0.25) is 0 Å². The minimum absolute atomic E-state index is 0. The van der Waals surface area contributed by atoms with Crippen LogP contribution in [0.15, 0.2) is 0 Å². The molecule has 2 aliphatic rings. The Balaban J connectivity index is 0. The molecule has 2 rings (SSSR count). The van der Waals surface area contributed by atoms with Gasteiger partial charge in [-0.05, 0) is 64.2 Å². The van der Waals surface area contributed by atoms with Crippen LogP contribution in [-0.4, -0.2) is 0 Å². The van der Waals surface area contributed by atoms with Crippen LogP contribution in [0, 0.1) is 64.2 Å². The van der Waals surface area contributed by atoms with E-state index in [1.54, 1.807) is 0 Å². The first-order valence-electron chi connectivity index (χ1n) is 4.35. The van der Waals surface area contributed by atoms with Gasteiger partial charge in [0.25, 0.3) is 0 Å². The largest absolute Gasteiger partial charge is 3.00 e. The Morgan fingerprint density at radius 1 is 0.389 bits per heavy atom. The third-order valence-corrected chi connectivity index (χ3v) is 1.11. The topological polar surface area (TPSA) is 0 Å². The van der Waals surface area contributed by atoms with Crippen LogP contribution in [0.5, 0.6) is 0 Å². The molecule has 0 saturated heterocycles. The first kappa shape index (κ1) is 20.8. The van der Waals surface area contributed by atoms with Crippen molar-refractivity contribution >= 4 is 7.81 Å². The second-order valence-electron chi connectivity index (χ2n) is 2.88. The van der Waals surface area contributed by atoms with E-state index in [0.717, 1.165) is 0 Å². The molecule has 0 nitrogen and oxygen atoms in total. The SMILES string of the molecule is F[P-](F)(F)(F)(F)F.[CH]1[CH][CH][CH][CH]1.[CH]1[CH][CH][CH][CH]1.[Co+3]. The first-order chi connectivity index (χ1) is 7.45. The smallest absolute Gasteiger partial charge is 0.0312 e. The maximum absolute atomic E-state index is 10.7. The zero-order chi connectivity index (χ0) is 13.5. The average Bonchev–Trinajstić information content (AvgIpc) is 2.78. The Bertz CT molecular complexity index is 167. The number of hydrogen-bond acceptors (Lipinski definition) is 0. The van der Waals surface area contributed by atoms with Crippen LogP contribution >= 0.6 is 7.81 Å². The van der Waals surface area contributed by atoms with Gasteiger partial charge in [0, 0.05) is 0 Å². The fraction of sp³-hybridized carbons (Fsp3) is 0. The van der Waals surface area contributed by atoms with E-state index in [1.807, 2.05) is 64.2 Å². The van der Waals surface area contributed by atoms with Gasteiger partial charge in [0.05, 0.1) is 0 Å². The van der Waals surface area contributed by atoms with Gasteiger partial charge in [-0.2, -0.15) is 0 Å². The van der Waals surface area contributed by atoms with Crippen molar-refractivity contribution in [2.75, 3.05) is 0 Å². The van der Waals surface area contributed by atoms with Crippen molar-refractivity contribution in [3.63, 3.8) is 0 Å². The summed E-state index contributed by atoms with van der Waals surface area (Å²) in [6.07, 6.45) is 20.0. The Kier molecular flexibility index (Phi) is 8.49. The maximum atomic E-state index is 9.87. The van der Waals surface area contributed by atoms with Crippen LogP contribution < -0.4 is 0 Å². The van der Waals surface area contributed by atoms with E-state index in [0.29, 0.717) is 0 Å². The number of halogens is 6. The molecule has 2 fully saturated rings. The molecule has 10 radical (unpaired) electrons. The van der Waals surface area contributed by atoms with Crippen LogP contribution in [0.1, 0.15) is 0 Å².